The lowest BCUT2D eigenvalue weighted by Gasteiger charge is -1.99. The molecule has 0 saturated heterocycles. The van der Waals surface area contributed by atoms with E-state index in [0.29, 0.717) is 17.9 Å². The number of ether oxygens (including phenoxy) is 1. The van der Waals surface area contributed by atoms with E-state index in [2.05, 4.69) is 6.58 Å². The predicted molar refractivity (Wildman–Crippen MR) is 61.3 cm³/mol. The van der Waals surface area contributed by atoms with Crippen molar-refractivity contribution in [1.29, 1.82) is 0 Å². The van der Waals surface area contributed by atoms with Crippen molar-refractivity contribution in [2.24, 2.45) is 0 Å². The van der Waals surface area contributed by atoms with Gasteiger partial charge in [-0.05, 0) is 13.3 Å². The van der Waals surface area contributed by atoms with Crippen LogP contribution in [0.25, 0.3) is 0 Å². The van der Waals surface area contributed by atoms with Crippen molar-refractivity contribution >= 4 is 22.8 Å². The van der Waals surface area contributed by atoms with Gasteiger partial charge in [-0.3, -0.25) is 14.9 Å². The van der Waals surface area contributed by atoms with Crippen molar-refractivity contribution in [2.75, 3.05) is 6.61 Å². The summed E-state index contributed by atoms with van der Waals surface area (Å²) < 4.78 is 5.22. The van der Waals surface area contributed by atoms with E-state index < -0.39 is 4.92 Å². The van der Waals surface area contributed by atoms with Gasteiger partial charge in [-0.2, -0.15) is 0 Å². The van der Waals surface area contributed by atoms with Crippen LogP contribution in [0.2, 0.25) is 0 Å². The smallest absolute Gasteiger partial charge is 0.323 e. The van der Waals surface area contributed by atoms with Crippen LogP contribution in [-0.4, -0.2) is 17.3 Å². The third-order valence-corrected chi connectivity index (χ3v) is 2.92. The molecular weight excluding hydrogens is 230 g/mol. The summed E-state index contributed by atoms with van der Waals surface area (Å²) in [4.78, 5) is 21.6. The third-order valence-electron chi connectivity index (χ3n) is 1.78. The maximum atomic E-state index is 11.1. The number of thiophene rings is 1. The minimum atomic E-state index is -0.549. The Morgan fingerprint density at radius 2 is 2.44 bits per heavy atom. The molecular formula is C10H11NO4S. The molecule has 0 aliphatic heterocycles. The number of hydrogen-bond acceptors (Lipinski definition) is 5. The Labute approximate surface area is 96.5 Å². The van der Waals surface area contributed by atoms with E-state index in [9.17, 15) is 14.9 Å². The van der Waals surface area contributed by atoms with E-state index in [1.165, 1.54) is 13.0 Å². The second-order valence-electron chi connectivity index (χ2n) is 3.02. The largest absolute Gasteiger partial charge is 0.479 e. The molecule has 1 rings (SSSR count). The van der Waals surface area contributed by atoms with E-state index >= 15 is 0 Å². The molecule has 0 aromatic carbocycles. The average molecular weight is 241 g/mol. The molecule has 0 atom stereocenters. The van der Waals surface area contributed by atoms with Gasteiger partial charge in [-0.25, -0.2) is 0 Å². The monoisotopic (exact) mass is 241 g/mol. The normalized spacial score (nSPS) is 9.81. The number of carbonyl (C=O) groups is 1. The molecule has 0 N–H and O–H groups in total. The summed E-state index contributed by atoms with van der Waals surface area (Å²) >= 11 is 0.999. The molecule has 0 unspecified atom stereocenters. The maximum absolute atomic E-state index is 11.1. The van der Waals surface area contributed by atoms with E-state index in [0.717, 1.165) is 11.3 Å². The first-order valence-electron chi connectivity index (χ1n) is 4.59. The molecule has 0 spiro atoms. The molecule has 86 valence electrons. The summed E-state index contributed by atoms with van der Waals surface area (Å²) in [7, 11) is 0. The summed E-state index contributed by atoms with van der Waals surface area (Å²) in [5, 5.41) is 10.9. The number of Topliss-reactive ketones (excluding diaryl/α,β-unsaturated/α-hetero) is 1. The first-order chi connectivity index (χ1) is 7.56. The van der Waals surface area contributed by atoms with Gasteiger partial charge in [0.25, 0.3) is 5.06 Å². The number of carbonyl (C=O) groups excluding carboxylic acids is 1. The highest BCUT2D eigenvalue weighted by atomic mass is 32.1. The van der Waals surface area contributed by atoms with Crippen molar-refractivity contribution in [2.45, 2.75) is 13.3 Å². The molecule has 5 nitrogen and oxygen atoms in total. The van der Waals surface area contributed by atoms with Crippen LogP contribution < -0.4 is 4.74 Å². The van der Waals surface area contributed by atoms with Crippen molar-refractivity contribution in [1.82, 2.24) is 0 Å². The number of hydrogen-bond donors (Lipinski definition) is 0. The van der Waals surface area contributed by atoms with Crippen LogP contribution in [0.3, 0.4) is 0 Å². The minimum Gasteiger partial charge on any atom is -0.479 e. The van der Waals surface area contributed by atoms with E-state index in [1.807, 2.05) is 0 Å². The molecule has 1 aromatic heterocycles. The standard InChI is InChI=1S/C10H11NO4S/c1-3-4-5-15-10-8(11(13)14)6-9(16-10)7(2)12/h3,6H,1,4-5H2,2H3. The number of nitrogens with zero attached hydrogens (tertiary/aromatic N) is 1. The Morgan fingerprint density at radius 3 is 2.94 bits per heavy atom. The lowest BCUT2D eigenvalue weighted by Crippen LogP contribution is -1.96. The zero-order chi connectivity index (χ0) is 12.1. The highest BCUT2D eigenvalue weighted by Gasteiger charge is 2.21. The SMILES string of the molecule is C=CCCOc1sc(C(C)=O)cc1[N+](=O)[O-]. The molecule has 0 aliphatic carbocycles. The molecule has 0 radical (unpaired) electrons. The van der Waals surface area contributed by atoms with Gasteiger partial charge in [0.15, 0.2) is 5.78 Å². The molecule has 0 bridgehead atoms. The van der Waals surface area contributed by atoms with Gasteiger partial charge in [-0.1, -0.05) is 17.4 Å². The summed E-state index contributed by atoms with van der Waals surface area (Å²) in [5.74, 6) is -0.202. The minimum absolute atomic E-state index is 0.153. The van der Waals surface area contributed by atoms with Crippen LogP contribution in [0.15, 0.2) is 18.7 Å². The van der Waals surface area contributed by atoms with Gasteiger partial charge in [0.05, 0.1) is 16.4 Å². The Bertz CT molecular complexity index is 424. The molecule has 1 aromatic rings. The van der Waals surface area contributed by atoms with Gasteiger partial charge in [0, 0.05) is 6.07 Å². The average Bonchev–Trinajstić information content (AvgIpc) is 2.62. The van der Waals surface area contributed by atoms with Gasteiger partial charge in [-0.15, -0.1) is 6.58 Å². The molecule has 1 heterocycles. The Hall–Kier alpha value is -1.69. The fourth-order valence-electron chi connectivity index (χ4n) is 1.00. The fourth-order valence-corrected chi connectivity index (χ4v) is 1.90. The van der Waals surface area contributed by atoms with E-state index in [4.69, 9.17) is 4.74 Å². The van der Waals surface area contributed by atoms with Gasteiger partial charge in [0.1, 0.15) is 0 Å². The summed E-state index contributed by atoms with van der Waals surface area (Å²) in [6.45, 7) is 5.20. The van der Waals surface area contributed by atoms with E-state index in [1.54, 1.807) is 6.08 Å². The van der Waals surface area contributed by atoms with Crippen LogP contribution >= 0.6 is 11.3 Å². The highest BCUT2D eigenvalue weighted by Crippen LogP contribution is 2.37. The summed E-state index contributed by atoms with van der Waals surface area (Å²) in [5.41, 5.74) is -0.153. The molecule has 0 fully saturated rings. The predicted octanol–water partition coefficient (Wildman–Crippen LogP) is 2.81. The molecule has 16 heavy (non-hydrogen) atoms. The van der Waals surface area contributed by atoms with Crippen molar-refractivity contribution in [3.63, 3.8) is 0 Å². The molecule has 0 aliphatic rings. The zero-order valence-corrected chi connectivity index (χ0v) is 9.58. The topological polar surface area (TPSA) is 69.4 Å². The van der Waals surface area contributed by atoms with Gasteiger partial charge in [0.2, 0.25) is 0 Å². The second kappa shape index (κ2) is 5.41. The number of rotatable bonds is 6. The Kier molecular flexibility index (Phi) is 4.19. The zero-order valence-electron chi connectivity index (χ0n) is 8.76. The number of nitro groups is 1. The molecule has 0 amide bonds. The highest BCUT2D eigenvalue weighted by molar-refractivity contribution is 7.16. The maximum Gasteiger partial charge on any atom is 0.323 e. The second-order valence-corrected chi connectivity index (χ2v) is 4.04. The first-order valence-corrected chi connectivity index (χ1v) is 5.40. The Morgan fingerprint density at radius 1 is 1.75 bits per heavy atom. The van der Waals surface area contributed by atoms with Gasteiger partial charge >= 0.3 is 5.69 Å². The van der Waals surface area contributed by atoms with Gasteiger partial charge < -0.3 is 4.74 Å². The molecule has 0 saturated carbocycles. The van der Waals surface area contributed by atoms with Crippen LogP contribution in [0.1, 0.15) is 23.0 Å². The summed E-state index contributed by atoms with van der Waals surface area (Å²) in [6.07, 6.45) is 2.26. The summed E-state index contributed by atoms with van der Waals surface area (Å²) in [6, 6.07) is 1.25. The van der Waals surface area contributed by atoms with Crippen molar-refractivity contribution < 1.29 is 14.5 Å². The van der Waals surface area contributed by atoms with Crippen LogP contribution in [0.4, 0.5) is 5.69 Å². The van der Waals surface area contributed by atoms with Crippen LogP contribution in [-0.2, 0) is 0 Å². The number of ketones is 1. The van der Waals surface area contributed by atoms with Crippen molar-refractivity contribution in [3.05, 3.63) is 33.7 Å². The van der Waals surface area contributed by atoms with E-state index in [-0.39, 0.29) is 16.5 Å². The first kappa shape index (κ1) is 12.4. The lowest BCUT2D eigenvalue weighted by atomic mass is 10.3. The Balaban J connectivity index is 2.91. The fraction of sp³-hybridized carbons (Fsp3) is 0.300. The van der Waals surface area contributed by atoms with Crippen LogP contribution in [0.5, 0.6) is 5.06 Å². The third kappa shape index (κ3) is 2.90. The quantitative estimate of drug-likeness (QED) is 0.252. The lowest BCUT2D eigenvalue weighted by molar-refractivity contribution is -0.385. The van der Waals surface area contributed by atoms with Crippen molar-refractivity contribution in [3.8, 4) is 5.06 Å². The molecule has 6 heteroatoms. The van der Waals surface area contributed by atoms with Crippen LogP contribution in [0, 0.1) is 10.1 Å².